The van der Waals surface area contributed by atoms with Gasteiger partial charge in [0.25, 0.3) is 0 Å². The number of ether oxygens (including phenoxy) is 1. The predicted octanol–water partition coefficient (Wildman–Crippen LogP) is 4.90. The van der Waals surface area contributed by atoms with E-state index in [0.29, 0.717) is 0 Å². The summed E-state index contributed by atoms with van der Waals surface area (Å²) >= 11 is 8.95. The van der Waals surface area contributed by atoms with E-state index in [4.69, 9.17) is 4.74 Å². The molecule has 2 aromatic rings. The highest BCUT2D eigenvalue weighted by Gasteiger charge is 2.21. The minimum absolute atomic E-state index is 0.112. The molecule has 0 fully saturated rings. The van der Waals surface area contributed by atoms with Gasteiger partial charge in [-0.05, 0) is 48.7 Å². The predicted molar refractivity (Wildman–Crippen MR) is 88.4 cm³/mol. The second-order valence-electron chi connectivity index (χ2n) is 4.20. The van der Waals surface area contributed by atoms with Gasteiger partial charge in [0.15, 0.2) is 0 Å². The Morgan fingerprint density at radius 3 is 2.63 bits per heavy atom. The average molecular weight is 405 g/mol. The van der Waals surface area contributed by atoms with Crippen molar-refractivity contribution < 1.29 is 4.74 Å². The summed E-state index contributed by atoms with van der Waals surface area (Å²) in [5.74, 6) is 0.924. The molecule has 102 valence electrons. The second-order valence-corrected chi connectivity index (χ2v) is 6.85. The van der Waals surface area contributed by atoms with E-state index in [1.807, 2.05) is 13.1 Å². The molecule has 1 heterocycles. The molecular formula is C14H15Br2NOS. The van der Waals surface area contributed by atoms with E-state index in [1.54, 1.807) is 18.4 Å². The number of rotatable bonds is 4. The van der Waals surface area contributed by atoms with E-state index in [0.717, 1.165) is 14.7 Å². The summed E-state index contributed by atoms with van der Waals surface area (Å²) in [6.07, 6.45) is 0. The number of halogens is 2. The zero-order chi connectivity index (χ0) is 14.0. The Labute approximate surface area is 134 Å². The van der Waals surface area contributed by atoms with Crippen LogP contribution < -0.4 is 10.1 Å². The maximum Gasteiger partial charge on any atom is 0.134 e. The maximum atomic E-state index is 5.43. The van der Waals surface area contributed by atoms with E-state index < -0.39 is 0 Å². The van der Waals surface area contributed by atoms with Gasteiger partial charge in [0.2, 0.25) is 0 Å². The Hall–Kier alpha value is -0.360. The van der Waals surface area contributed by atoms with Crippen LogP contribution in [0.25, 0.3) is 0 Å². The quantitative estimate of drug-likeness (QED) is 0.782. The zero-order valence-electron chi connectivity index (χ0n) is 11.0. The zero-order valence-corrected chi connectivity index (χ0v) is 14.9. The summed E-state index contributed by atoms with van der Waals surface area (Å²) < 4.78 is 7.64. The SMILES string of the molecule is CNC(c1cc(Br)c(C)cc1Br)c1sccc1OC. The molecule has 0 spiro atoms. The number of methoxy groups -OCH3 is 1. The van der Waals surface area contributed by atoms with Crippen molar-refractivity contribution in [3.8, 4) is 5.75 Å². The van der Waals surface area contributed by atoms with Crippen molar-refractivity contribution in [3.05, 3.63) is 48.5 Å². The van der Waals surface area contributed by atoms with Crippen LogP contribution in [0.5, 0.6) is 5.75 Å². The molecule has 0 aliphatic heterocycles. The standard InChI is InChI=1S/C14H15Br2NOS/c1-8-6-11(16)9(7-10(8)15)13(17-2)14-12(18-3)4-5-19-14/h4-7,13,17H,1-3H3. The molecule has 2 nitrogen and oxygen atoms in total. The van der Waals surface area contributed by atoms with Crippen LogP contribution in [0.1, 0.15) is 22.0 Å². The third kappa shape index (κ3) is 3.05. The van der Waals surface area contributed by atoms with Crippen molar-refractivity contribution in [3.63, 3.8) is 0 Å². The van der Waals surface area contributed by atoms with Crippen LogP contribution in [0, 0.1) is 6.92 Å². The lowest BCUT2D eigenvalue weighted by atomic mass is 10.0. The van der Waals surface area contributed by atoms with Gasteiger partial charge in [-0.2, -0.15) is 0 Å². The van der Waals surface area contributed by atoms with Gasteiger partial charge in [0, 0.05) is 8.95 Å². The Morgan fingerprint density at radius 1 is 1.26 bits per heavy atom. The third-order valence-corrected chi connectivity index (χ3v) is 5.52. The second kappa shape index (κ2) is 6.39. The summed E-state index contributed by atoms with van der Waals surface area (Å²) in [6.45, 7) is 2.08. The molecule has 1 N–H and O–H groups in total. The summed E-state index contributed by atoms with van der Waals surface area (Å²) in [5.41, 5.74) is 2.41. The molecule has 0 aliphatic carbocycles. The summed E-state index contributed by atoms with van der Waals surface area (Å²) in [4.78, 5) is 1.18. The van der Waals surface area contributed by atoms with Crippen molar-refractivity contribution in [1.82, 2.24) is 5.32 Å². The van der Waals surface area contributed by atoms with Crippen LogP contribution in [-0.4, -0.2) is 14.2 Å². The fourth-order valence-corrected chi connectivity index (χ4v) is 4.03. The van der Waals surface area contributed by atoms with Crippen LogP contribution >= 0.6 is 43.2 Å². The topological polar surface area (TPSA) is 21.3 Å². The molecule has 2 rings (SSSR count). The molecule has 0 aliphatic rings. The molecule has 1 unspecified atom stereocenters. The van der Waals surface area contributed by atoms with E-state index in [1.165, 1.54) is 16.0 Å². The van der Waals surface area contributed by atoms with Crippen LogP contribution in [0.15, 0.2) is 32.5 Å². The number of thiophene rings is 1. The van der Waals surface area contributed by atoms with Gasteiger partial charge in [0.05, 0.1) is 18.0 Å². The summed E-state index contributed by atoms with van der Waals surface area (Å²) in [7, 11) is 3.67. The molecule has 5 heteroatoms. The molecule has 19 heavy (non-hydrogen) atoms. The van der Waals surface area contributed by atoms with Gasteiger partial charge in [0.1, 0.15) is 5.75 Å². The Morgan fingerprint density at radius 2 is 2.00 bits per heavy atom. The number of hydrogen-bond donors (Lipinski definition) is 1. The van der Waals surface area contributed by atoms with Crippen LogP contribution in [0.3, 0.4) is 0 Å². The highest BCUT2D eigenvalue weighted by atomic mass is 79.9. The molecule has 0 radical (unpaired) electrons. The number of benzene rings is 1. The lowest BCUT2D eigenvalue weighted by Crippen LogP contribution is -2.17. The summed E-state index contributed by atoms with van der Waals surface area (Å²) in [6, 6.07) is 6.40. The largest absolute Gasteiger partial charge is 0.496 e. The van der Waals surface area contributed by atoms with Crippen LogP contribution in [-0.2, 0) is 0 Å². The van der Waals surface area contributed by atoms with Crippen molar-refractivity contribution in [2.45, 2.75) is 13.0 Å². The van der Waals surface area contributed by atoms with E-state index in [-0.39, 0.29) is 6.04 Å². The molecule has 0 saturated heterocycles. The van der Waals surface area contributed by atoms with Crippen molar-refractivity contribution in [2.75, 3.05) is 14.2 Å². The van der Waals surface area contributed by atoms with E-state index >= 15 is 0 Å². The van der Waals surface area contributed by atoms with Gasteiger partial charge in [-0.25, -0.2) is 0 Å². The van der Waals surface area contributed by atoms with Crippen molar-refractivity contribution in [2.24, 2.45) is 0 Å². The fraction of sp³-hybridized carbons (Fsp3) is 0.286. The molecular weight excluding hydrogens is 390 g/mol. The number of nitrogens with one attached hydrogen (secondary N) is 1. The lowest BCUT2D eigenvalue weighted by molar-refractivity contribution is 0.408. The first-order valence-electron chi connectivity index (χ1n) is 5.82. The Kier molecular flexibility index (Phi) is 5.06. The molecule has 1 atom stereocenters. The normalized spacial score (nSPS) is 12.5. The molecule has 1 aromatic carbocycles. The third-order valence-electron chi connectivity index (χ3n) is 3.02. The van der Waals surface area contributed by atoms with Gasteiger partial charge in [-0.3, -0.25) is 0 Å². The van der Waals surface area contributed by atoms with Crippen LogP contribution in [0.4, 0.5) is 0 Å². The van der Waals surface area contributed by atoms with Gasteiger partial charge < -0.3 is 10.1 Å². The highest BCUT2D eigenvalue weighted by molar-refractivity contribution is 9.11. The van der Waals surface area contributed by atoms with Gasteiger partial charge >= 0.3 is 0 Å². The molecule has 1 aromatic heterocycles. The Balaban J connectivity index is 2.51. The van der Waals surface area contributed by atoms with E-state index in [2.05, 4.69) is 61.6 Å². The van der Waals surface area contributed by atoms with Crippen molar-refractivity contribution >= 4 is 43.2 Å². The first kappa shape index (κ1) is 15.0. The number of aryl methyl sites for hydroxylation is 1. The maximum absolute atomic E-state index is 5.43. The Bertz CT molecular complexity index is 583. The van der Waals surface area contributed by atoms with Gasteiger partial charge in [-0.1, -0.05) is 31.9 Å². The average Bonchev–Trinajstić information content (AvgIpc) is 2.84. The minimum Gasteiger partial charge on any atom is -0.496 e. The van der Waals surface area contributed by atoms with Gasteiger partial charge in [-0.15, -0.1) is 11.3 Å². The highest BCUT2D eigenvalue weighted by Crippen LogP contribution is 2.38. The minimum atomic E-state index is 0.112. The molecule has 0 bridgehead atoms. The number of hydrogen-bond acceptors (Lipinski definition) is 3. The first-order chi connectivity index (χ1) is 9.08. The van der Waals surface area contributed by atoms with E-state index in [9.17, 15) is 0 Å². The fourth-order valence-electron chi connectivity index (χ4n) is 2.00. The monoisotopic (exact) mass is 403 g/mol. The van der Waals surface area contributed by atoms with Crippen molar-refractivity contribution in [1.29, 1.82) is 0 Å². The molecule has 0 amide bonds. The lowest BCUT2D eigenvalue weighted by Gasteiger charge is -2.19. The first-order valence-corrected chi connectivity index (χ1v) is 8.29. The summed E-state index contributed by atoms with van der Waals surface area (Å²) in [5, 5.41) is 5.41. The van der Waals surface area contributed by atoms with Crippen LogP contribution in [0.2, 0.25) is 0 Å². The smallest absolute Gasteiger partial charge is 0.134 e. The molecule has 0 saturated carbocycles.